The molecule has 0 aliphatic rings. The van der Waals surface area contributed by atoms with Gasteiger partial charge in [-0.3, -0.25) is 0 Å². The standard InChI is InChI=1S/C33H40N2O2/c1-8-9-28-12-10-27(21-37-33-19-26(20-34)11-13-32(33)36-7)18-30(28)25(6)35-31(14-22(2)3)29-16-23(4)15-24(5)17-29/h10-13,15-19,22,31,35H,6,8-9,14,21H2,1-5,7H3. The number of nitrogens with zero attached hydrogens (tertiary/aromatic N) is 1. The Morgan fingerprint density at radius 1 is 1.00 bits per heavy atom. The van der Waals surface area contributed by atoms with E-state index in [-0.39, 0.29) is 6.04 Å². The second kappa shape index (κ2) is 13.0. The summed E-state index contributed by atoms with van der Waals surface area (Å²) in [6, 6.07) is 20.8. The highest BCUT2D eigenvalue weighted by Crippen LogP contribution is 2.31. The fourth-order valence-corrected chi connectivity index (χ4v) is 4.75. The smallest absolute Gasteiger partial charge is 0.162 e. The van der Waals surface area contributed by atoms with E-state index in [0.717, 1.165) is 36.1 Å². The SMILES string of the molecule is C=C(NC(CC(C)C)c1cc(C)cc(C)c1)c1cc(COc2cc(C#N)ccc2OC)ccc1CCC. The van der Waals surface area contributed by atoms with Crippen LogP contribution in [0.25, 0.3) is 5.70 Å². The summed E-state index contributed by atoms with van der Waals surface area (Å²) in [5.74, 6) is 1.71. The predicted octanol–water partition coefficient (Wildman–Crippen LogP) is 8.06. The number of methoxy groups -OCH3 is 1. The Balaban J connectivity index is 1.88. The molecule has 0 heterocycles. The van der Waals surface area contributed by atoms with Crippen molar-refractivity contribution in [3.8, 4) is 17.6 Å². The number of hydrogen-bond acceptors (Lipinski definition) is 4. The lowest BCUT2D eigenvalue weighted by molar-refractivity contribution is 0.284. The summed E-state index contributed by atoms with van der Waals surface area (Å²) in [5, 5.41) is 13.0. The minimum Gasteiger partial charge on any atom is -0.493 e. The van der Waals surface area contributed by atoms with Gasteiger partial charge in [0.2, 0.25) is 0 Å². The van der Waals surface area contributed by atoms with E-state index in [2.05, 4.69) is 89.0 Å². The van der Waals surface area contributed by atoms with E-state index < -0.39 is 0 Å². The highest BCUT2D eigenvalue weighted by Gasteiger charge is 2.17. The highest BCUT2D eigenvalue weighted by atomic mass is 16.5. The third-order valence-corrected chi connectivity index (χ3v) is 6.41. The van der Waals surface area contributed by atoms with E-state index in [9.17, 15) is 5.26 Å². The molecule has 0 fully saturated rings. The predicted molar refractivity (Wildman–Crippen MR) is 153 cm³/mol. The summed E-state index contributed by atoms with van der Waals surface area (Å²) in [6.45, 7) is 15.9. The van der Waals surface area contributed by atoms with Crippen molar-refractivity contribution in [1.29, 1.82) is 5.26 Å². The van der Waals surface area contributed by atoms with Crippen LogP contribution in [0.2, 0.25) is 0 Å². The number of nitrogens with one attached hydrogen (secondary N) is 1. The molecule has 0 amide bonds. The first-order valence-corrected chi connectivity index (χ1v) is 13.1. The number of hydrogen-bond donors (Lipinski definition) is 1. The fourth-order valence-electron chi connectivity index (χ4n) is 4.75. The van der Waals surface area contributed by atoms with Crippen molar-refractivity contribution in [2.24, 2.45) is 5.92 Å². The number of rotatable bonds is 12. The molecule has 0 spiro atoms. The summed E-state index contributed by atoms with van der Waals surface area (Å²) in [5.41, 5.74) is 8.75. The van der Waals surface area contributed by atoms with Gasteiger partial charge < -0.3 is 14.8 Å². The Kier molecular flexibility index (Phi) is 9.80. The average molecular weight is 497 g/mol. The lowest BCUT2D eigenvalue weighted by Crippen LogP contribution is -2.22. The molecule has 4 heteroatoms. The third kappa shape index (κ3) is 7.64. The van der Waals surface area contributed by atoms with Crippen molar-refractivity contribution >= 4 is 5.70 Å². The summed E-state index contributed by atoms with van der Waals surface area (Å²) in [6.07, 6.45) is 3.05. The molecule has 37 heavy (non-hydrogen) atoms. The zero-order valence-electron chi connectivity index (χ0n) is 23.2. The monoisotopic (exact) mass is 496 g/mol. The number of benzene rings is 3. The van der Waals surface area contributed by atoms with Crippen molar-refractivity contribution in [3.05, 3.63) is 100 Å². The van der Waals surface area contributed by atoms with Gasteiger partial charge in [-0.2, -0.15) is 5.26 Å². The van der Waals surface area contributed by atoms with Crippen LogP contribution in [0.3, 0.4) is 0 Å². The molecule has 0 aromatic heterocycles. The molecule has 3 aromatic rings. The molecular weight excluding hydrogens is 456 g/mol. The molecule has 0 saturated heterocycles. The van der Waals surface area contributed by atoms with E-state index in [1.54, 1.807) is 25.3 Å². The average Bonchev–Trinajstić information content (AvgIpc) is 2.86. The second-order valence-electron chi connectivity index (χ2n) is 10.2. The Labute approximate surface area is 222 Å². The first kappa shape index (κ1) is 27.9. The van der Waals surface area contributed by atoms with Crippen molar-refractivity contribution in [3.63, 3.8) is 0 Å². The van der Waals surface area contributed by atoms with Crippen LogP contribution >= 0.6 is 0 Å². The topological polar surface area (TPSA) is 54.3 Å². The van der Waals surface area contributed by atoms with Gasteiger partial charge in [0.15, 0.2) is 11.5 Å². The van der Waals surface area contributed by atoms with Crippen LogP contribution in [0.15, 0.2) is 61.2 Å². The van der Waals surface area contributed by atoms with Gasteiger partial charge in [-0.15, -0.1) is 0 Å². The van der Waals surface area contributed by atoms with E-state index in [1.807, 2.05) is 0 Å². The molecule has 1 unspecified atom stereocenters. The van der Waals surface area contributed by atoms with Crippen molar-refractivity contribution < 1.29 is 9.47 Å². The lowest BCUT2D eigenvalue weighted by Gasteiger charge is -2.26. The largest absolute Gasteiger partial charge is 0.493 e. The van der Waals surface area contributed by atoms with Gasteiger partial charge >= 0.3 is 0 Å². The van der Waals surface area contributed by atoms with Crippen LogP contribution in [-0.2, 0) is 13.0 Å². The van der Waals surface area contributed by atoms with Crippen LogP contribution < -0.4 is 14.8 Å². The first-order chi connectivity index (χ1) is 17.7. The van der Waals surface area contributed by atoms with Gasteiger partial charge in [-0.05, 0) is 67.5 Å². The number of nitriles is 1. The van der Waals surface area contributed by atoms with Crippen LogP contribution in [0.4, 0.5) is 0 Å². The van der Waals surface area contributed by atoms with Gasteiger partial charge in [-0.25, -0.2) is 0 Å². The van der Waals surface area contributed by atoms with Gasteiger partial charge in [0.05, 0.1) is 24.8 Å². The van der Waals surface area contributed by atoms with Crippen LogP contribution in [0.5, 0.6) is 11.5 Å². The van der Waals surface area contributed by atoms with E-state index >= 15 is 0 Å². The molecule has 3 aromatic carbocycles. The summed E-state index contributed by atoms with van der Waals surface area (Å²) in [4.78, 5) is 0. The summed E-state index contributed by atoms with van der Waals surface area (Å²) in [7, 11) is 1.60. The lowest BCUT2D eigenvalue weighted by atomic mass is 9.93. The van der Waals surface area contributed by atoms with Crippen molar-refractivity contribution in [2.45, 2.75) is 66.5 Å². The molecule has 0 bridgehead atoms. The maximum absolute atomic E-state index is 9.27. The van der Waals surface area contributed by atoms with Crippen LogP contribution in [-0.4, -0.2) is 7.11 Å². The number of ether oxygens (including phenoxy) is 2. The van der Waals surface area contributed by atoms with Crippen molar-refractivity contribution in [2.75, 3.05) is 7.11 Å². The Hall–Kier alpha value is -3.71. The molecule has 0 aliphatic heterocycles. The normalized spacial score (nSPS) is 11.6. The van der Waals surface area contributed by atoms with Gasteiger partial charge in [0, 0.05) is 17.3 Å². The maximum Gasteiger partial charge on any atom is 0.162 e. The van der Waals surface area contributed by atoms with Gasteiger partial charge in [0.25, 0.3) is 0 Å². The molecule has 4 nitrogen and oxygen atoms in total. The van der Waals surface area contributed by atoms with Crippen LogP contribution in [0.1, 0.15) is 78.6 Å². The minimum atomic E-state index is 0.179. The maximum atomic E-state index is 9.27. The van der Waals surface area contributed by atoms with Gasteiger partial charge in [-0.1, -0.05) is 75.2 Å². The Bertz CT molecular complexity index is 1250. The summed E-state index contributed by atoms with van der Waals surface area (Å²) >= 11 is 0. The van der Waals surface area contributed by atoms with Crippen molar-refractivity contribution in [1.82, 2.24) is 5.32 Å². The Morgan fingerprint density at radius 3 is 2.35 bits per heavy atom. The third-order valence-electron chi connectivity index (χ3n) is 6.41. The summed E-state index contributed by atoms with van der Waals surface area (Å²) < 4.78 is 11.5. The molecule has 0 saturated carbocycles. The highest BCUT2D eigenvalue weighted by molar-refractivity contribution is 5.66. The molecule has 1 atom stereocenters. The van der Waals surface area contributed by atoms with E-state index in [4.69, 9.17) is 9.47 Å². The molecule has 3 rings (SSSR count). The fraction of sp³-hybridized carbons (Fsp3) is 0.364. The quantitative estimate of drug-likeness (QED) is 0.275. The molecule has 1 N–H and O–H groups in total. The van der Waals surface area contributed by atoms with E-state index in [0.29, 0.717) is 29.6 Å². The van der Waals surface area contributed by atoms with Crippen LogP contribution in [0, 0.1) is 31.1 Å². The molecular formula is C33H40N2O2. The Morgan fingerprint density at radius 2 is 1.73 bits per heavy atom. The van der Waals surface area contributed by atoms with Gasteiger partial charge in [0.1, 0.15) is 6.61 Å². The first-order valence-electron chi connectivity index (χ1n) is 13.1. The molecule has 194 valence electrons. The zero-order valence-corrected chi connectivity index (χ0v) is 23.2. The van der Waals surface area contributed by atoms with E-state index in [1.165, 1.54) is 22.3 Å². The number of aryl methyl sites for hydroxylation is 3. The molecule has 0 radical (unpaired) electrons. The zero-order chi connectivity index (χ0) is 26.9. The molecule has 0 aliphatic carbocycles. The minimum absolute atomic E-state index is 0.179. The second-order valence-corrected chi connectivity index (χ2v) is 10.2.